The summed E-state index contributed by atoms with van der Waals surface area (Å²) in [6.07, 6.45) is 0. The van der Waals surface area contributed by atoms with Crippen molar-refractivity contribution in [2.45, 2.75) is 26.8 Å². The van der Waals surface area contributed by atoms with Crippen LogP contribution >= 0.6 is 34.5 Å². The summed E-state index contributed by atoms with van der Waals surface area (Å²) in [6, 6.07) is 4.16. The van der Waals surface area contributed by atoms with Crippen LogP contribution in [0.2, 0.25) is 10.0 Å². The van der Waals surface area contributed by atoms with Crippen LogP contribution in [0.4, 0.5) is 0 Å². The zero-order chi connectivity index (χ0) is 18.9. The molecule has 1 unspecified atom stereocenters. The van der Waals surface area contributed by atoms with Gasteiger partial charge in [-0.15, -0.1) is 11.3 Å². The molecule has 2 amide bonds. The lowest BCUT2D eigenvalue weighted by Gasteiger charge is -2.19. The summed E-state index contributed by atoms with van der Waals surface area (Å²) < 4.78 is 1.79. The SMILES string of the molecule is Cc1sc(=NC(=O)c2ccc(Cl)c(Cl)c2)n(C(C)C(=O)N(C)C)c1C. The summed E-state index contributed by atoms with van der Waals surface area (Å²) in [7, 11) is 3.40. The van der Waals surface area contributed by atoms with E-state index >= 15 is 0 Å². The number of amides is 2. The Hall–Kier alpha value is -1.63. The van der Waals surface area contributed by atoms with Crippen molar-refractivity contribution in [2.75, 3.05) is 14.1 Å². The highest BCUT2D eigenvalue weighted by Crippen LogP contribution is 2.23. The van der Waals surface area contributed by atoms with Gasteiger partial charge in [0.05, 0.1) is 10.0 Å². The second kappa shape index (κ2) is 7.72. The van der Waals surface area contributed by atoms with Crippen LogP contribution in [0.15, 0.2) is 23.2 Å². The average Bonchev–Trinajstić information content (AvgIpc) is 2.82. The molecule has 0 saturated heterocycles. The fraction of sp³-hybridized carbons (Fsp3) is 0.353. The van der Waals surface area contributed by atoms with Gasteiger partial charge in [-0.25, -0.2) is 0 Å². The monoisotopic (exact) mass is 399 g/mol. The number of carbonyl (C=O) groups is 2. The third kappa shape index (κ3) is 4.14. The molecule has 5 nitrogen and oxygen atoms in total. The van der Waals surface area contributed by atoms with E-state index in [2.05, 4.69) is 4.99 Å². The largest absolute Gasteiger partial charge is 0.347 e. The molecular weight excluding hydrogens is 381 g/mol. The molecule has 1 atom stereocenters. The summed E-state index contributed by atoms with van der Waals surface area (Å²) in [6.45, 7) is 5.64. The van der Waals surface area contributed by atoms with Gasteiger partial charge in [-0.2, -0.15) is 4.99 Å². The summed E-state index contributed by atoms with van der Waals surface area (Å²) in [5.41, 5.74) is 1.25. The van der Waals surface area contributed by atoms with E-state index in [-0.39, 0.29) is 5.91 Å². The van der Waals surface area contributed by atoms with Gasteiger partial charge in [0.25, 0.3) is 5.91 Å². The zero-order valence-electron chi connectivity index (χ0n) is 14.6. The Labute approximate surface area is 160 Å². The first-order chi connectivity index (χ1) is 11.6. The van der Waals surface area contributed by atoms with Crippen LogP contribution in [0.25, 0.3) is 0 Å². The fourth-order valence-electron chi connectivity index (χ4n) is 2.37. The Balaban J connectivity index is 2.53. The smallest absolute Gasteiger partial charge is 0.279 e. The van der Waals surface area contributed by atoms with Gasteiger partial charge < -0.3 is 9.47 Å². The summed E-state index contributed by atoms with van der Waals surface area (Å²) in [5.74, 6) is -0.498. The quantitative estimate of drug-likeness (QED) is 0.786. The Kier molecular flexibility index (Phi) is 6.08. The average molecular weight is 400 g/mol. The normalized spacial score (nSPS) is 13.0. The zero-order valence-corrected chi connectivity index (χ0v) is 17.0. The summed E-state index contributed by atoms with van der Waals surface area (Å²) >= 11 is 13.2. The maximum Gasteiger partial charge on any atom is 0.279 e. The van der Waals surface area contributed by atoms with Crippen LogP contribution in [0, 0.1) is 13.8 Å². The molecule has 25 heavy (non-hydrogen) atoms. The van der Waals surface area contributed by atoms with Gasteiger partial charge in [-0.05, 0) is 39.0 Å². The third-order valence-electron chi connectivity index (χ3n) is 3.87. The van der Waals surface area contributed by atoms with Crippen LogP contribution in [0.3, 0.4) is 0 Å². The molecule has 2 aromatic rings. The lowest BCUT2D eigenvalue weighted by molar-refractivity contribution is -0.131. The number of aryl methyl sites for hydroxylation is 1. The van der Waals surface area contributed by atoms with Gasteiger partial charge in [0.2, 0.25) is 5.91 Å². The van der Waals surface area contributed by atoms with Crippen molar-refractivity contribution in [1.29, 1.82) is 0 Å². The van der Waals surface area contributed by atoms with Crippen molar-refractivity contribution in [3.05, 3.63) is 49.2 Å². The Morgan fingerprint density at radius 1 is 1.20 bits per heavy atom. The highest BCUT2D eigenvalue weighted by atomic mass is 35.5. The van der Waals surface area contributed by atoms with Crippen molar-refractivity contribution < 1.29 is 9.59 Å². The second-order valence-corrected chi connectivity index (χ2v) is 7.85. The maximum atomic E-state index is 12.5. The first kappa shape index (κ1) is 19.7. The van der Waals surface area contributed by atoms with Gasteiger partial charge in [-0.1, -0.05) is 23.2 Å². The second-order valence-electron chi connectivity index (χ2n) is 5.85. The van der Waals surface area contributed by atoms with Gasteiger partial charge in [-0.3, -0.25) is 9.59 Å². The molecule has 0 N–H and O–H groups in total. The maximum absolute atomic E-state index is 12.5. The van der Waals surface area contributed by atoms with Gasteiger partial charge in [0, 0.05) is 30.2 Å². The molecule has 8 heteroatoms. The third-order valence-corrected chi connectivity index (χ3v) is 5.68. The standard InChI is InChI=1S/C17H19Cl2N3O2S/c1-9-11(3)25-17(22(9)10(2)16(24)21(4)5)20-15(23)12-6-7-13(18)14(19)8-12/h6-8,10H,1-5H3. The van der Waals surface area contributed by atoms with E-state index in [4.69, 9.17) is 23.2 Å². The minimum atomic E-state index is -0.458. The number of likely N-dealkylation sites (N-methyl/N-ethyl adjacent to an activating group) is 1. The van der Waals surface area contributed by atoms with Gasteiger partial charge >= 0.3 is 0 Å². The fourth-order valence-corrected chi connectivity index (χ4v) is 3.71. The van der Waals surface area contributed by atoms with E-state index in [1.807, 2.05) is 13.8 Å². The molecule has 0 spiro atoms. The van der Waals surface area contributed by atoms with Crippen molar-refractivity contribution in [2.24, 2.45) is 4.99 Å². The van der Waals surface area contributed by atoms with Crippen molar-refractivity contribution >= 4 is 46.4 Å². The Morgan fingerprint density at radius 3 is 2.40 bits per heavy atom. The molecule has 1 aromatic heterocycles. The van der Waals surface area contributed by atoms with E-state index < -0.39 is 11.9 Å². The van der Waals surface area contributed by atoms with Crippen LogP contribution in [0.5, 0.6) is 0 Å². The highest BCUT2D eigenvalue weighted by Gasteiger charge is 2.21. The predicted molar refractivity (Wildman–Crippen MR) is 102 cm³/mol. The number of benzene rings is 1. The molecule has 0 bridgehead atoms. The number of hydrogen-bond donors (Lipinski definition) is 0. The van der Waals surface area contributed by atoms with E-state index in [1.54, 1.807) is 37.7 Å². The number of rotatable bonds is 3. The summed E-state index contributed by atoms with van der Waals surface area (Å²) in [5, 5.41) is 0.673. The van der Waals surface area contributed by atoms with Crippen molar-refractivity contribution in [3.8, 4) is 0 Å². The van der Waals surface area contributed by atoms with Gasteiger partial charge in [0.15, 0.2) is 4.80 Å². The van der Waals surface area contributed by atoms with Crippen LogP contribution in [-0.4, -0.2) is 35.4 Å². The first-order valence-electron chi connectivity index (χ1n) is 7.57. The van der Waals surface area contributed by atoms with E-state index in [1.165, 1.54) is 22.3 Å². The molecule has 0 fully saturated rings. The van der Waals surface area contributed by atoms with Crippen molar-refractivity contribution in [3.63, 3.8) is 0 Å². The molecule has 0 aliphatic heterocycles. The number of thiazole rings is 1. The summed E-state index contributed by atoms with van der Waals surface area (Å²) in [4.78, 5) is 32.1. The molecular formula is C17H19Cl2N3O2S. The van der Waals surface area contributed by atoms with Crippen LogP contribution < -0.4 is 4.80 Å². The molecule has 1 aromatic carbocycles. The topological polar surface area (TPSA) is 54.7 Å². The van der Waals surface area contributed by atoms with E-state index in [9.17, 15) is 9.59 Å². The van der Waals surface area contributed by atoms with Gasteiger partial charge in [0.1, 0.15) is 6.04 Å². The molecule has 0 saturated carbocycles. The Bertz CT molecular complexity index is 900. The molecule has 0 radical (unpaired) electrons. The minimum absolute atomic E-state index is 0.0654. The molecule has 0 aliphatic carbocycles. The van der Waals surface area contributed by atoms with Crippen LogP contribution in [0.1, 0.15) is 33.9 Å². The van der Waals surface area contributed by atoms with Crippen molar-refractivity contribution in [1.82, 2.24) is 9.47 Å². The highest BCUT2D eigenvalue weighted by molar-refractivity contribution is 7.09. The predicted octanol–water partition coefficient (Wildman–Crippen LogP) is 3.86. The Morgan fingerprint density at radius 2 is 1.84 bits per heavy atom. The molecule has 134 valence electrons. The number of halogens is 2. The molecule has 1 heterocycles. The number of nitrogens with zero attached hydrogens (tertiary/aromatic N) is 3. The first-order valence-corrected chi connectivity index (χ1v) is 9.14. The molecule has 2 rings (SSSR count). The van der Waals surface area contributed by atoms with Crippen LogP contribution in [-0.2, 0) is 4.79 Å². The number of carbonyl (C=O) groups excluding carboxylic acids is 2. The number of hydrogen-bond acceptors (Lipinski definition) is 3. The number of aromatic nitrogens is 1. The minimum Gasteiger partial charge on any atom is -0.347 e. The molecule has 0 aliphatic rings. The van der Waals surface area contributed by atoms with E-state index in [0.717, 1.165) is 10.6 Å². The lowest BCUT2D eigenvalue weighted by Crippen LogP contribution is -2.34. The lowest BCUT2D eigenvalue weighted by atomic mass is 10.2. The van der Waals surface area contributed by atoms with E-state index in [0.29, 0.717) is 20.4 Å².